The Bertz CT molecular complexity index is 540. The van der Waals surface area contributed by atoms with Crippen molar-refractivity contribution in [2.45, 2.75) is 39.2 Å². The third kappa shape index (κ3) is 4.39. The fourth-order valence-electron chi connectivity index (χ4n) is 1.83. The Labute approximate surface area is 124 Å². The van der Waals surface area contributed by atoms with E-state index in [-0.39, 0.29) is 11.2 Å². The van der Waals surface area contributed by atoms with Crippen LogP contribution in [0.2, 0.25) is 0 Å². The fourth-order valence-corrected chi connectivity index (χ4v) is 2.77. The summed E-state index contributed by atoms with van der Waals surface area (Å²) in [6.45, 7) is 8.26. The molecule has 0 radical (unpaired) electrons. The molecule has 0 bridgehead atoms. The fraction of sp³-hybridized carbons (Fsp3) is 0.438. The minimum absolute atomic E-state index is 0.122. The lowest BCUT2D eigenvalue weighted by molar-refractivity contribution is 0.585. The molecule has 0 atom stereocenters. The van der Waals surface area contributed by atoms with Crippen molar-refractivity contribution in [3.63, 3.8) is 0 Å². The van der Waals surface area contributed by atoms with Crippen LogP contribution >= 0.6 is 11.3 Å². The monoisotopic (exact) mass is 292 g/mol. The molecule has 1 N–H and O–H groups in total. The van der Waals surface area contributed by atoms with Gasteiger partial charge in [0, 0.05) is 23.0 Å². The van der Waals surface area contributed by atoms with Gasteiger partial charge < -0.3 is 5.32 Å². The number of hydrogen-bond donors (Lipinski definition) is 1. The third-order valence-electron chi connectivity index (χ3n) is 3.00. The third-order valence-corrected chi connectivity index (χ3v) is 4.42. The summed E-state index contributed by atoms with van der Waals surface area (Å²) in [5, 5.41) is 4.58. The van der Waals surface area contributed by atoms with E-state index >= 15 is 0 Å². The van der Waals surface area contributed by atoms with Gasteiger partial charge in [-0.25, -0.2) is 9.37 Å². The Morgan fingerprint density at radius 2 is 1.90 bits per heavy atom. The van der Waals surface area contributed by atoms with E-state index in [9.17, 15) is 4.39 Å². The maximum atomic E-state index is 12.8. The van der Waals surface area contributed by atoms with E-state index in [4.69, 9.17) is 0 Å². The van der Waals surface area contributed by atoms with Gasteiger partial charge in [0.05, 0.1) is 5.01 Å². The van der Waals surface area contributed by atoms with Gasteiger partial charge in [-0.05, 0) is 30.7 Å². The van der Waals surface area contributed by atoms with Crippen LogP contribution in [-0.2, 0) is 18.4 Å². The molecular formula is C16H21FN2S. The average Bonchev–Trinajstić information content (AvgIpc) is 2.85. The highest BCUT2D eigenvalue weighted by Gasteiger charge is 2.17. The normalized spacial score (nSPS) is 11.8. The second-order valence-corrected chi connectivity index (χ2v) is 7.05. The summed E-state index contributed by atoms with van der Waals surface area (Å²) in [4.78, 5) is 5.73. The van der Waals surface area contributed by atoms with Crippen LogP contribution in [0.3, 0.4) is 0 Å². The molecule has 0 amide bonds. The Morgan fingerprint density at radius 3 is 2.50 bits per heavy atom. The minimum atomic E-state index is -0.180. The zero-order valence-corrected chi connectivity index (χ0v) is 13.1. The van der Waals surface area contributed by atoms with E-state index in [1.165, 1.54) is 22.0 Å². The summed E-state index contributed by atoms with van der Waals surface area (Å²) < 4.78 is 12.8. The summed E-state index contributed by atoms with van der Waals surface area (Å²) in [7, 11) is 0. The zero-order valence-electron chi connectivity index (χ0n) is 12.2. The molecule has 0 saturated heterocycles. The van der Waals surface area contributed by atoms with Crippen molar-refractivity contribution < 1.29 is 4.39 Å². The Kier molecular flexibility index (Phi) is 4.89. The first-order chi connectivity index (χ1) is 9.45. The van der Waals surface area contributed by atoms with E-state index < -0.39 is 0 Å². The Morgan fingerprint density at radius 1 is 1.20 bits per heavy atom. The predicted molar refractivity (Wildman–Crippen MR) is 82.6 cm³/mol. The van der Waals surface area contributed by atoms with Crippen LogP contribution in [0.25, 0.3) is 0 Å². The summed E-state index contributed by atoms with van der Waals surface area (Å²) in [5.74, 6) is -0.180. The van der Waals surface area contributed by atoms with E-state index in [0.29, 0.717) is 0 Å². The standard InChI is InChI=1S/C16H21FN2S/c1-16(2,3)15-19-11-14(20-15)10-18-9-8-12-4-6-13(17)7-5-12/h4-7,11,18H,8-10H2,1-3H3. The van der Waals surface area contributed by atoms with Crippen molar-refractivity contribution in [3.8, 4) is 0 Å². The zero-order chi connectivity index (χ0) is 14.6. The molecular weight excluding hydrogens is 271 g/mol. The number of rotatable bonds is 5. The molecule has 2 rings (SSSR count). The lowest BCUT2D eigenvalue weighted by atomic mass is 9.98. The van der Waals surface area contributed by atoms with Gasteiger partial charge in [0.1, 0.15) is 5.82 Å². The van der Waals surface area contributed by atoms with E-state index in [1.807, 2.05) is 18.3 Å². The Balaban J connectivity index is 1.76. The molecule has 0 aliphatic carbocycles. The number of halogens is 1. The highest BCUT2D eigenvalue weighted by Crippen LogP contribution is 2.26. The second kappa shape index (κ2) is 6.46. The molecule has 0 fully saturated rings. The van der Waals surface area contributed by atoms with Crippen LogP contribution in [0, 0.1) is 5.82 Å². The van der Waals surface area contributed by atoms with Gasteiger partial charge >= 0.3 is 0 Å². The first-order valence-electron chi connectivity index (χ1n) is 6.85. The van der Waals surface area contributed by atoms with Gasteiger partial charge in [-0.1, -0.05) is 32.9 Å². The number of aromatic nitrogens is 1. The number of benzene rings is 1. The van der Waals surface area contributed by atoms with Crippen molar-refractivity contribution >= 4 is 11.3 Å². The molecule has 0 aliphatic rings. The molecule has 108 valence electrons. The van der Waals surface area contributed by atoms with Gasteiger partial charge in [-0.2, -0.15) is 0 Å². The topological polar surface area (TPSA) is 24.9 Å². The largest absolute Gasteiger partial charge is 0.311 e. The van der Waals surface area contributed by atoms with Crippen LogP contribution in [0.5, 0.6) is 0 Å². The first kappa shape index (κ1) is 15.1. The van der Waals surface area contributed by atoms with Crippen molar-refractivity contribution in [2.24, 2.45) is 0 Å². The van der Waals surface area contributed by atoms with E-state index in [0.717, 1.165) is 25.1 Å². The van der Waals surface area contributed by atoms with E-state index in [1.54, 1.807) is 11.3 Å². The molecule has 2 nitrogen and oxygen atoms in total. The van der Waals surface area contributed by atoms with Gasteiger partial charge in [0.25, 0.3) is 0 Å². The molecule has 4 heteroatoms. The molecule has 1 heterocycles. The molecule has 0 spiro atoms. The number of thiazole rings is 1. The predicted octanol–water partition coefficient (Wildman–Crippen LogP) is 3.91. The summed E-state index contributed by atoms with van der Waals surface area (Å²) in [6.07, 6.45) is 2.86. The van der Waals surface area contributed by atoms with Crippen molar-refractivity contribution in [1.82, 2.24) is 10.3 Å². The molecule has 0 unspecified atom stereocenters. The summed E-state index contributed by atoms with van der Waals surface area (Å²) >= 11 is 1.76. The van der Waals surface area contributed by atoms with Crippen LogP contribution in [0.4, 0.5) is 4.39 Å². The van der Waals surface area contributed by atoms with Crippen LogP contribution in [-0.4, -0.2) is 11.5 Å². The lowest BCUT2D eigenvalue weighted by Gasteiger charge is -2.13. The van der Waals surface area contributed by atoms with Crippen LogP contribution < -0.4 is 5.32 Å². The smallest absolute Gasteiger partial charge is 0.123 e. The summed E-state index contributed by atoms with van der Waals surface area (Å²) in [6, 6.07) is 6.69. The second-order valence-electron chi connectivity index (χ2n) is 5.93. The maximum absolute atomic E-state index is 12.8. The molecule has 1 aromatic heterocycles. The minimum Gasteiger partial charge on any atom is -0.311 e. The summed E-state index contributed by atoms with van der Waals surface area (Å²) in [5.41, 5.74) is 1.27. The highest BCUT2D eigenvalue weighted by atomic mass is 32.1. The lowest BCUT2D eigenvalue weighted by Crippen LogP contribution is -2.16. The Hall–Kier alpha value is -1.26. The van der Waals surface area contributed by atoms with Crippen LogP contribution in [0.1, 0.15) is 36.2 Å². The van der Waals surface area contributed by atoms with Crippen molar-refractivity contribution in [2.75, 3.05) is 6.54 Å². The number of hydrogen-bond acceptors (Lipinski definition) is 3. The number of nitrogens with zero attached hydrogens (tertiary/aromatic N) is 1. The van der Waals surface area contributed by atoms with Crippen molar-refractivity contribution in [1.29, 1.82) is 0 Å². The van der Waals surface area contributed by atoms with E-state index in [2.05, 4.69) is 31.1 Å². The van der Waals surface area contributed by atoms with Gasteiger partial charge in [0.2, 0.25) is 0 Å². The number of nitrogens with one attached hydrogen (secondary N) is 1. The SMILES string of the molecule is CC(C)(C)c1ncc(CNCCc2ccc(F)cc2)s1. The van der Waals surface area contributed by atoms with Gasteiger partial charge in [-0.15, -0.1) is 11.3 Å². The first-order valence-corrected chi connectivity index (χ1v) is 7.67. The van der Waals surface area contributed by atoms with Crippen molar-refractivity contribution in [3.05, 3.63) is 51.7 Å². The molecule has 0 aliphatic heterocycles. The molecule has 1 aromatic carbocycles. The molecule has 2 aromatic rings. The van der Waals surface area contributed by atoms with Gasteiger partial charge in [0.15, 0.2) is 0 Å². The molecule has 20 heavy (non-hydrogen) atoms. The maximum Gasteiger partial charge on any atom is 0.123 e. The van der Waals surface area contributed by atoms with Crippen LogP contribution in [0.15, 0.2) is 30.5 Å². The highest BCUT2D eigenvalue weighted by molar-refractivity contribution is 7.11. The van der Waals surface area contributed by atoms with Gasteiger partial charge in [-0.3, -0.25) is 0 Å². The quantitative estimate of drug-likeness (QED) is 0.845. The average molecular weight is 292 g/mol. The molecule has 0 saturated carbocycles.